The van der Waals surface area contributed by atoms with Crippen molar-refractivity contribution in [2.24, 2.45) is 5.41 Å². The molecule has 0 saturated heterocycles. The lowest BCUT2D eigenvalue weighted by atomic mass is 9.71. The SMILES string of the molecule is O=C(O)CC1(CNC(=O)CCc2nc(-c3ccc4cc[nH]c4c3)no2)CCCCC1. The van der Waals surface area contributed by atoms with Crippen LogP contribution in [0.1, 0.15) is 50.8 Å². The van der Waals surface area contributed by atoms with E-state index in [0.29, 0.717) is 24.7 Å². The zero-order chi connectivity index (χ0) is 21.0. The molecule has 0 bridgehead atoms. The Morgan fingerprint density at radius 3 is 2.83 bits per heavy atom. The molecule has 1 saturated carbocycles. The van der Waals surface area contributed by atoms with Crippen LogP contribution in [0.5, 0.6) is 0 Å². The molecule has 0 unspecified atom stereocenters. The maximum Gasteiger partial charge on any atom is 0.303 e. The Morgan fingerprint density at radius 2 is 2.03 bits per heavy atom. The van der Waals surface area contributed by atoms with E-state index < -0.39 is 5.97 Å². The molecule has 0 atom stereocenters. The first-order valence-corrected chi connectivity index (χ1v) is 10.4. The van der Waals surface area contributed by atoms with E-state index in [1.54, 1.807) is 0 Å². The van der Waals surface area contributed by atoms with Crippen molar-refractivity contribution in [1.82, 2.24) is 20.4 Å². The first-order chi connectivity index (χ1) is 14.5. The number of aromatic amines is 1. The lowest BCUT2D eigenvalue weighted by Crippen LogP contribution is -2.40. The third-order valence-corrected chi connectivity index (χ3v) is 5.95. The van der Waals surface area contributed by atoms with Gasteiger partial charge in [-0.3, -0.25) is 9.59 Å². The predicted octanol–water partition coefficient (Wildman–Crippen LogP) is 3.69. The van der Waals surface area contributed by atoms with E-state index in [0.717, 1.165) is 48.6 Å². The van der Waals surface area contributed by atoms with Gasteiger partial charge in [-0.2, -0.15) is 4.98 Å². The van der Waals surface area contributed by atoms with Crippen LogP contribution in [0, 0.1) is 5.41 Å². The van der Waals surface area contributed by atoms with Gasteiger partial charge in [0.15, 0.2) is 0 Å². The zero-order valence-corrected chi connectivity index (χ0v) is 16.8. The van der Waals surface area contributed by atoms with Crippen LogP contribution in [-0.2, 0) is 16.0 Å². The van der Waals surface area contributed by atoms with E-state index in [9.17, 15) is 14.7 Å². The number of aliphatic carboxylic acids is 1. The molecular formula is C22H26N4O4. The van der Waals surface area contributed by atoms with Crippen molar-refractivity contribution < 1.29 is 19.2 Å². The molecule has 0 aliphatic heterocycles. The average Bonchev–Trinajstić information content (AvgIpc) is 3.39. The number of rotatable bonds is 8. The van der Waals surface area contributed by atoms with Gasteiger partial charge in [-0.1, -0.05) is 36.6 Å². The molecule has 1 amide bonds. The van der Waals surface area contributed by atoms with Gasteiger partial charge in [0.1, 0.15) is 0 Å². The van der Waals surface area contributed by atoms with E-state index in [4.69, 9.17) is 4.52 Å². The van der Waals surface area contributed by atoms with Crippen molar-refractivity contribution in [3.8, 4) is 11.4 Å². The Morgan fingerprint density at radius 1 is 1.20 bits per heavy atom. The fourth-order valence-corrected chi connectivity index (χ4v) is 4.29. The molecule has 0 spiro atoms. The summed E-state index contributed by atoms with van der Waals surface area (Å²) in [4.78, 5) is 31.1. The second-order valence-corrected chi connectivity index (χ2v) is 8.20. The van der Waals surface area contributed by atoms with E-state index in [1.807, 2.05) is 30.5 Å². The minimum atomic E-state index is -0.804. The van der Waals surface area contributed by atoms with Gasteiger partial charge in [-0.15, -0.1) is 0 Å². The summed E-state index contributed by atoms with van der Waals surface area (Å²) in [6, 6.07) is 7.88. The molecule has 1 fully saturated rings. The van der Waals surface area contributed by atoms with Gasteiger partial charge in [-0.25, -0.2) is 0 Å². The molecule has 1 aliphatic rings. The fraction of sp³-hybridized carbons (Fsp3) is 0.455. The minimum Gasteiger partial charge on any atom is -0.481 e. The largest absolute Gasteiger partial charge is 0.481 e. The number of carboxylic acids is 1. The highest BCUT2D eigenvalue weighted by molar-refractivity contribution is 5.83. The number of nitrogens with zero attached hydrogens (tertiary/aromatic N) is 2. The monoisotopic (exact) mass is 410 g/mol. The Bertz CT molecular complexity index is 1030. The molecule has 4 rings (SSSR count). The van der Waals surface area contributed by atoms with Crippen LogP contribution in [-0.4, -0.2) is 38.7 Å². The summed E-state index contributed by atoms with van der Waals surface area (Å²) in [7, 11) is 0. The molecular weight excluding hydrogens is 384 g/mol. The number of fused-ring (bicyclic) bond motifs is 1. The number of benzene rings is 1. The lowest BCUT2D eigenvalue weighted by Gasteiger charge is -2.36. The van der Waals surface area contributed by atoms with E-state index >= 15 is 0 Å². The molecule has 3 aromatic rings. The number of carbonyl (C=O) groups excluding carboxylic acids is 1. The number of hydrogen-bond acceptors (Lipinski definition) is 5. The summed E-state index contributed by atoms with van der Waals surface area (Å²) in [5.74, 6) is -0.0332. The molecule has 2 aromatic heterocycles. The van der Waals surface area contributed by atoms with E-state index in [2.05, 4.69) is 20.4 Å². The number of amides is 1. The van der Waals surface area contributed by atoms with Gasteiger partial charge in [0.2, 0.25) is 17.6 Å². The summed E-state index contributed by atoms with van der Waals surface area (Å²) in [5.41, 5.74) is 1.52. The van der Waals surface area contributed by atoms with Gasteiger partial charge in [0.05, 0.1) is 6.42 Å². The third-order valence-electron chi connectivity index (χ3n) is 5.95. The van der Waals surface area contributed by atoms with Crippen molar-refractivity contribution in [3.05, 3.63) is 36.4 Å². The maximum absolute atomic E-state index is 12.3. The molecule has 3 N–H and O–H groups in total. The number of H-pyrrole nitrogens is 1. The Kier molecular flexibility index (Phi) is 5.83. The minimum absolute atomic E-state index is 0.103. The first kappa shape index (κ1) is 20.1. The summed E-state index contributed by atoms with van der Waals surface area (Å²) in [5, 5.41) is 17.3. The fourth-order valence-electron chi connectivity index (χ4n) is 4.29. The van der Waals surface area contributed by atoms with Gasteiger partial charge in [0, 0.05) is 36.7 Å². The van der Waals surface area contributed by atoms with Crippen LogP contribution in [0.4, 0.5) is 0 Å². The first-order valence-electron chi connectivity index (χ1n) is 10.4. The van der Waals surface area contributed by atoms with Crippen LogP contribution in [0.25, 0.3) is 22.3 Å². The van der Waals surface area contributed by atoms with E-state index in [-0.39, 0.29) is 24.2 Å². The number of aromatic nitrogens is 3. The number of hydrogen-bond donors (Lipinski definition) is 3. The van der Waals surface area contributed by atoms with Crippen LogP contribution in [0.2, 0.25) is 0 Å². The van der Waals surface area contributed by atoms with E-state index in [1.165, 1.54) is 0 Å². The molecule has 0 radical (unpaired) electrons. The van der Waals surface area contributed by atoms with Crippen molar-refractivity contribution in [1.29, 1.82) is 0 Å². The molecule has 2 heterocycles. The van der Waals surface area contributed by atoms with Gasteiger partial charge >= 0.3 is 5.97 Å². The topological polar surface area (TPSA) is 121 Å². The Labute approximate surface area is 174 Å². The molecule has 30 heavy (non-hydrogen) atoms. The van der Waals surface area contributed by atoms with Crippen molar-refractivity contribution >= 4 is 22.8 Å². The molecule has 8 heteroatoms. The summed E-state index contributed by atoms with van der Waals surface area (Å²) in [6.07, 6.45) is 7.40. The second-order valence-electron chi connectivity index (χ2n) is 8.20. The molecule has 1 aliphatic carbocycles. The summed E-state index contributed by atoms with van der Waals surface area (Å²) >= 11 is 0. The zero-order valence-electron chi connectivity index (χ0n) is 16.8. The highest BCUT2D eigenvalue weighted by Gasteiger charge is 2.34. The number of aryl methyl sites for hydroxylation is 1. The molecule has 158 valence electrons. The van der Waals surface area contributed by atoms with Crippen LogP contribution < -0.4 is 5.32 Å². The third kappa shape index (κ3) is 4.69. The normalized spacial score (nSPS) is 15.9. The van der Waals surface area contributed by atoms with Gasteiger partial charge in [-0.05, 0) is 35.8 Å². The number of carboxylic acid groups (broad SMARTS) is 1. The average molecular weight is 410 g/mol. The van der Waals surface area contributed by atoms with Gasteiger partial charge in [0.25, 0.3) is 0 Å². The number of nitrogens with one attached hydrogen (secondary N) is 2. The van der Waals surface area contributed by atoms with Crippen molar-refractivity contribution in [3.63, 3.8) is 0 Å². The predicted molar refractivity (Wildman–Crippen MR) is 111 cm³/mol. The number of carbonyl (C=O) groups is 2. The highest BCUT2D eigenvalue weighted by Crippen LogP contribution is 2.38. The highest BCUT2D eigenvalue weighted by atomic mass is 16.5. The smallest absolute Gasteiger partial charge is 0.303 e. The Hall–Kier alpha value is -3.16. The Balaban J connectivity index is 1.31. The summed E-state index contributed by atoms with van der Waals surface area (Å²) < 4.78 is 5.30. The lowest BCUT2D eigenvalue weighted by molar-refractivity contribution is -0.140. The van der Waals surface area contributed by atoms with Crippen molar-refractivity contribution in [2.45, 2.75) is 51.4 Å². The van der Waals surface area contributed by atoms with Crippen molar-refractivity contribution in [2.75, 3.05) is 6.54 Å². The molecule has 8 nitrogen and oxygen atoms in total. The maximum atomic E-state index is 12.3. The summed E-state index contributed by atoms with van der Waals surface area (Å²) in [6.45, 7) is 0.406. The molecule has 1 aromatic carbocycles. The van der Waals surface area contributed by atoms with Gasteiger partial charge < -0.3 is 19.9 Å². The van der Waals surface area contributed by atoms with Crippen LogP contribution in [0.15, 0.2) is 35.0 Å². The second kappa shape index (κ2) is 8.69. The van der Waals surface area contributed by atoms with Crippen LogP contribution in [0.3, 0.4) is 0 Å². The van der Waals surface area contributed by atoms with Crippen LogP contribution >= 0.6 is 0 Å². The standard InChI is InChI=1S/C22H26N4O4/c27-18(24-14-22(13-20(28)29)9-2-1-3-10-22)6-7-19-25-21(26-30-19)16-5-4-15-8-11-23-17(15)12-16/h4-5,8,11-12,23H,1-3,6-7,9-10,13-14H2,(H,24,27)(H,28,29). The quantitative estimate of drug-likeness (QED) is 0.521.